The molecule has 16 heavy (non-hydrogen) atoms. The number of rotatable bonds is 5. The van der Waals surface area contributed by atoms with Gasteiger partial charge in [0.1, 0.15) is 6.04 Å². The topological polar surface area (TPSA) is 69.6 Å². The van der Waals surface area contributed by atoms with Crippen molar-refractivity contribution < 1.29 is 14.7 Å². The molecular weight excluding hydrogens is 208 g/mol. The van der Waals surface area contributed by atoms with Crippen molar-refractivity contribution in [2.75, 3.05) is 7.05 Å². The minimum Gasteiger partial charge on any atom is -0.480 e. The van der Waals surface area contributed by atoms with E-state index >= 15 is 0 Å². The van der Waals surface area contributed by atoms with E-state index in [1.807, 2.05) is 6.92 Å². The van der Waals surface area contributed by atoms with Crippen molar-refractivity contribution in [2.24, 2.45) is 5.92 Å². The highest BCUT2D eigenvalue weighted by Crippen LogP contribution is 2.09. The van der Waals surface area contributed by atoms with Gasteiger partial charge in [-0.2, -0.15) is 0 Å². The summed E-state index contributed by atoms with van der Waals surface area (Å²) in [5.74, 6) is -0.527. The van der Waals surface area contributed by atoms with Gasteiger partial charge in [0.2, 0.25) is 0 Å². The highest BCUT2D eigenvalue weighted by Gasteiger charge is 2.20. The number of carboxylic acid groups (broad SMARTS) is 1. The van der Waals surface area contributed by atoms with Gasteiger partial charge in [0, 0.05) is 13.1 Å². The Labute approximate surface area is 96.8 Å². The van der Waals surface area contributed by atoms with Crippen molar-refractivity contribution in [1.29, 1.82) is 0 Å². The SMILES string of the molecule is CC(C)CC(C)N(C)C(=O)NC(C)C(=O)O. The number of carbonyl (C=O) groups is 2. The van der Waals surface area contributed by atoms with Crippen molar-refractivity contribution in [2.45, 2.75) is 46.2 Å². The maximum absolute atomic E-state index is 11.6. The maximum Gasteiger partial charge on any atom is 0.325 e. The van der Waals surface area contributed by atoms with Gasteiger partial charge in [0.05, 0.1) is 0 Å². The third-order valence-electron chi connectivity index (χ3n) is 2.50. The number of nitrogens with one attached hydrogen (secondary N) is 1. The van der Waals surface area contributed by atoms with E-state index in [0.29, 0.717) is 5.92 Å². The summed E-state index contributed by atoms with van der Waals surface area (Å²) in [7, 11) is 1.68. The largest absolute Gasteiger partial charge is 0.480 e. The molecule has 0 spiro atoms. The fourth-order valence-electron chi connectivity index (χ4n) is 1.39. The van der Waals surface area contributed by atoms with Gasteiger partial charge in [-0.3, -0.25) is 4.79 Å². The first kappa shape index (κ1) is 14.7. The molecule has 0 radical (unpaired) electrons. The van der Waals surface area contributed by atoms with Crippen LogP contribution in [0.4, 0.5) is 4.79 Å². The zero-order valence-corrected chi connectivity index (χ0v) is 10.7. The van der Waals surface area contributed by atoms with Crippen molar-refractivity contribution in [3.63, 3.8) is 0 Å². The van der Waals surface area contributed by atoms with Gasteiger partial charge in [-0.1, -0.05) is 13.8 Å². The monoisotopic (exact) mass is 230 g/mol. The predicted molar refractivity (Wildman–Crippen MR) is 62.3 cm³/mol. The Balaban J connectivity index is 4.22. The van der Waals surface area contributed by atoms with E-state index in [9.17, 15) is 9.59 Å². The minimum absolute atomic E-state index is 0.0981. The molecule has 0 aliphatic rings. The van der Waals surface area contributed by atoms with Gasteiger partial charge in [-0.15, -0.1) is 0 Å². The molecule has 5 heteroatoms. The fourth-order valence-corrected chi connectivity index (χ4v) is 1.39. The van der Waals surface area contributed by atoms with Crippen LogP contribution in [0.15, 0.2) is 0 Å². The molecule has 0 bridgehead atoms. The molecule has 2 N–H and O–H groups in total. The number of carboxylic acids is 1. The van der Waals surface area contributed by atoms with Crippen LogP contribution < -0.4 is 5.32 Å². The van der Waals surface area contributed by atoms with E-state index in [-0.39, 0.29) is 12.1 Å². The van der Waals surface area contributed by atoms with Crippen LogP contribution in [0.1, 0.15) is 34.1 Å². The van der Waals surface area contributed by atoms with E-state index in [0.717, 1.165) is 6.42 Å². The van der Waals surface area contributed by atoms with Crippen molar-refractivity contribution in [3.8, 4) is 0 Å². The third kappa shape index (κ3) is 5.00. The second kappa shape index (κ2) is 6.35. The van der Waals surface area contributed by atoms with Gasteiger partial charge in [0.15, 0.2) is 0 Å². The number of urea groups is 1. The van der Waals surface area contributed by atoms with Gasteiger partial charge in [-0.05, 0) is 26.2 Å². The molecule has 0 aliphatic carbocycles. The lowest BCUT2D eigenvalue weighted by atomic mass is 10.0. The van der Waals surface area contributed by atoms with Crippen LogP contribution >= 0.6 is 0 Å². The molecule has 0 heterocycles. The molecule has 2 unspecified atom stereocenters. The molecule has 94 valence electrons. The lowest BCUT2D eigenvalue weighted by Gasteiger charge is -2.27. The smallest absolute Gasteiger partial charge is 0.325 e. The van der Waals surface area contributed by atoms with E-state index in [4.69, 9.17) is 5.11 Å². The second-order valence-corrected chi connectivity index (χ2v) is 4.60. The Morgan fingerprint density at radius 3 is 2.12 bits per heavy atom. The number of amides is 2. The average molecular weight is 230 g/mol. The number of carbonyl (C=O) groups excluding carboxylic acids is 1. The standard InChI is InChI=1S/C11H22N2O3/c1-7(2)6-8(3)13(5)11(16)12-9(4)10(14)15/h7-9H,6H2,1-5H3,(H,12,16)(H,14,15). The summed E-state index contributed by atoms with van der Waals surface area (Å²) in [6.45, 7) is 7.57. The van der Waals surface area contributed by atoms with Crippen LogP contribution in [0.25, 0.3) is 0 Å². The summed E-state index contributed by atoms with van der Waals surface area (Å²) in [5.41, 5.74) is 0. The molecule has 0 aromatic rings. The van der Waals surface area contributed by atoms with Crippen molar-refractivity contribution >= 4 is 12.0 Å². The Kier molecular flexibility index (Phi) is 5.85. The fraction of sp³-hybridized carbons (Fsp3) is 0.818. The lowest BCUT2D eigenvalue weighted by molar-refractivity contribution is -0.138. The molecule has 2 amide bonds. The van der Waals surface area contributed by atoms with Crippen LogP contribution in [0.5, 0.6) is 0 Å². The van der Waals surface area contributed by atoms with E-state index in [1.54, 1.807) is 11.9 Å². The molecule has 0 fully saturated rings. The maximum atomic E-state index is 11.6. The predicted octanol–water partition coefficient (Wildman–Crippen LogP) is 1.54. The molecule has 5 nitrogen and oxygen atoms in total. The first-order chi connectivity index (χ1) is 7.25. The van der Waals surface area contributed by atoms with Gasteiger partial charge in [0.25, 0.3) is 0 Å². The lowest BCUT2D eigenvalue weighted by Crippen LogP contribution is -2.48. The zero-order valence-electron chi connectivity index (χ0n) is 10.7. The first-order valence-electron chi connectivity index (χ1n) is 5.51. The summed E-state index contributed by atoms with van der Waals surface area (Å²) in [6.07, 6.45) is 0.894. The van der Waals surface area contributed by atoms with E-state index in [1.165, 1.54) is 6.92 Å². The van der Waals surface area contributed by atoms with E-state index in [2.05, 4.69) is 19.2 Å². The Hall–Kier alpha value is -1.26. The Morgan fingerprint density at radius 1 is 1.25 bits per heavy atom. The Bertz CT molecular complexity index is 254. The number of hydrogen-bond donors (Lipinski definition) is 2. The summed E-state index contributed by atoms with van der Waals surface area (Å²) in [5, 5.41) is 11.1. The summed E-state index contributed by atoms with van der Waals surface area (Å²) in [6, 6.07) is -1.11. The normalized spacial score (nSPS) is 14.4. The summed E-state index contributed by atoms with van der Waals surface area (Å²) < 4.78 is 0. The first-order valence-corrected chi connectivity index (χ1v) is 5.51. The molecule has 0 aliphatic heterocycles. The molecule has 0 rings (SSSR count). The molecule has 0 saturated carbocycles. The number of aliphatic carboxylic acids is 1. The highest BCUT2D eigenvalue weighted by molar-refractivity contribution is 5.82. The summed E-state index contributed by atoms with van der Waals surface area (Å²) in [4.78, 5) is 23.7. The van der Waals surface area contributed by atoms with Crippen LogP contribution in [0, 0.1) is 5.92 Å². The van der Waals surface area contributed by atoms with E-state index < -0.39 is 12.0 Å². The highest BCUT2D eigenvalue weighted by atomic mass is 16.4. The molecule has 0 aromatic carbocycles. The summed E-state index contributed by atoms with van der Waals surface area (Å²) >= 11 is 0. The van der Waals surface area contributed by atoms with Crippen molar-refractivity contribution in [1.82, 2.24) is 10.2 Å². The van der Waals surface area contributed by atoms with Crippen LogP contribution in [0.3, 0.4) is 0 Å². The van der Waals surface area contributed by atoms with Gasteiger partial charge >= 0.3 is 12.0 Å². The quantitative estimate of drug-likeness (QED) is 0.752. The van der Waals surface area contributed by atoms with Crippen LogP contribution in [-0.4, -0.2) is 41.1 Å². The number of nitrogens with zero attached hydrogens (tertiary/aromatic N) is 1. The third-order valence-corrected chi connectivity index (χ3v) is 2.50. The molecular formula is C11H22N2O3. The average Bonchev–Trinajstić information content (AvgIpc) is 2.14. The number of hydrogen-bond acceptors (Lipinski definition) is 2. The van der Waals surface area contributed by atoms with Crippen LogP contribution in [0.2, 0.25) is 0 Å². The molecule has 2 atom stereocenters. The van der Waals surface area contributed by atoms with Crippen molar-refractivity contribution in [3.05, 3.63) is 0 Å². The minimum atomic E-state index is -1.03. The zero-order chi connectivity index (χ0) is 12.9. The molecule has 0 aromatic heterocycles. The van der Waals surface area contributed by atoms with Gasteiger partial charge < -0.3 is 15.3 Å². The molecule has 0 saturated heterocycles. The van der Waals surface area contributed by atoms with Gasteiger partial charge in [-0.25, -0.2) is 4.79 Å². The second-order valence-electron chi connectivity index (χ2n) is 4.60. The van der Waals surface area contributed by atoms with Crippen LogP contribution in [-0.2, 0) is 4.79 Å². The Morgan fingerprint density at radius 2 is 1.75 bits per heavy atom.